The molecule has 1 unspecified atom stereocenters. The van der Waals surface area contributed by atoms with Crippen molar-refractivity contribution in [2.75, 3.05) is 13.1 Å². The van der Waals surface area contributed by atoms with Crippen molar-refractivity contribution in [2.24, 2.45) is 5.92 Å². The third-order valence-electron chi connectivity index (χ3n) is 4.50. The zero-order valence-corrected chi connectivity index (χ0v) is 13.9. The van der Waals surface area contributed by atoms with Crippen LogP contribution in [0.3, 0.4) is 0 Å². The summed E-state index contributed by atoms with van der Waals surface area (Å²) in [6, 6.07) is 10.3. The number of carboxylic acid groups (broad SMARTS) is 1. The molecule has 1 fully saturated rings. The predicted octanol–water partition coefficient (Wildman–Crippen LogP) is 3.17. The Morgan fingerprint density at radius 2 is 1.50 bits per heavy atom. The molecule has 0 aromatic heterocycles. The van der Waals surface area contributed by atoms with Crippen LogP contribution in [0.2, 0.25) is 0 Å². The molecule has 136 valence electrons. The monoisotopic (exact) mass is 360 g/mol. The number of halogens is 2. The SMILES string of the molecule is O=C(O)C1CCN(C(=O)NC(c2ccc(F)cc2)c2ccc(F)cc2)C1. The maximum atomic E-state index is 13.2. The van der Waals surface area contributed by atoms with Crippen LogP contribution in [0.1, 0.15) is 23.6 Å². The van der Waals surface area contributed by atoms with Gasteiger partial charge >= 0.3 is 12.0 Å². The molecular weight excluding hydrogens is 342 g/mol. The average Bonchev–Trinajstić information content (AvgIpc) is 3.12. The van der Waals surface area contributed by atoms with E-state index >= 15 is 0 Å². The molecule has 0 aliphatic carbocycles. The van der Waals surface area contributed by atoms with Crippen LogP contribution in [0.5, 0.6) is 0 Å². The Kier molecular flexibility index (Phi) is 5.16. The maximum absolute atomic E-state index is 13.2. The number of carbonyl (C=O) groups excluding carboxylic acids is 1. The molecule has 0 saturated carbocycles. The Balaban J connectivity index is 1.82. The molecule has 1 saturated heterocycles. The number of aliphatic carboxylic acids is 1. The number of likely N-dealkylation sites (tertiary alicyclic amines) is 1. The summed E-state index contributed by atoms with van der Waals surface area (Å²) in [5.74, 6) is -2.30. The van der Waals surface area contributed by atoms with Gasteiger partial charge in [0.05, 0.1) is 12.0 Å². The van der Waals surface area contributed by atoms with Gasteiger partial charge in [0.2, 0.25) is 0 Å². The Labute approximate surface area is 149 Å². The number of urea groups is 1. The van der Waals surface area contributed by atoms with Gasteiger partial charge in [0.25, 0.3) is 0 Å². The average molecular weight is 360 g/mol. The standard InChI is InChI=1S/C19H18F2N2O3/c20-15-5-1-12(2-6-15)17(13-3-7-16(21)8-4-13)22-19(26)23-10-9-14(11-23)18(24)25/h1-8,14,17H,9-11H2,(H,22,26)(H,24,25). The van der Waals surface area contributed by atoms with Crippen molar-refractivity contribution in [3.05, 3.63) is 71.3 Å². The lowest BCUT2D eigenvalue weighted by Crippen LogP contribution is -2.41. The highest BCUT2D eigenvalue weighted by Crippen LogP contribution is 2.24. The highest BCUT2D eigenvalue weighted by molar-refractivity contribution is 5.78. The summed E-state index contributed by atoms with van der Waals surface area (Å²) < 4.78 is 26.5. The Bertz CT molecular complexity index is 748. The molecule has 3 rings (SSSR count). The smallest absolute Gasteiger partial charge is 0.318 e. The molecule has 2 aromatic rings. The molecule has 2 N–H and O–H groups in total. The highest BCUT2D eigenvalue weighted by Gasteiger charge is 2.32. The van der Waals surface area contributed by atoms with E-state index in [-0.39, 0.29) is 6.54 Å². The molecule has 0 bridgehead atoms. The zero-order valence-electron chi connectivity index (χ0n) is 13.9. The van der Waals surface area contributed by atoms with Crippen molar-refractivity contribution in [1.29, 1.82) is 0 Å². The minimum atomic E-state index is -0.922. The van der Waals surface area contributed by atoms with Gasteiger partial charge in [0.15, 0.2) is 0 Å². The molecule has 5 nitrogen and oxygen atoms in total. The second-order valence-corrected chi connectivity index (χ2v) is 6.26. The largest absolute Gasteiger partial charge is 0.481 e. The van der Waals surface area contributed by atoms with Gasteiger partial charge in [-0.25, -0.2) is 13.6 Å². The summed E-state index contributed by atoms with van der Waals surface area (Å²) >= 11 is 0. The van der Waals surface area contributed by atoms with Gasteiger partial charge in [-0.1, -0.05) is 24.3 Å². The van der Waals surface area contributed by atoms with Crippen LogP contribution in [-0.4, -0.2) is 35.1 Å². The Morgan fingerprint density at radius 1 is 1.00 bits per heavy atom. The molecule has 2 amide bonds. The van der Waals surface area contributed by atoms with E-state index in [4.69, 9.17) is 5.11 Å². The molecule has 7 heteroatoms. The number of nitrogens with one attached hydrogen (secondary N) is 1. The van der Waals surface area contributed by atoms with E-state index < -0.39 is 35.6 Å². The summed E-state index contributed by atoms with van der Waals surface area (Å²) in [6.45, 7) is 0.489. The van der Waals surface area contributed by atoms with Gasteiger partial charge in [-0.05, 0) is 41.8 Å². The van der Waals surface area contributed by atoms with Crippen molar-refractivity contribution in [3.63, 3.8) is 0 Å². The lowest BCUT2D eigenvalue weighted by Gasteiger charge is -2.24. The maximum Gasteiger partial charge on any atom is 0.318 e. The minimum Gasteiger partial charge on any atom is -0.481 e. The van der Waals surface area contributed by atoms with Gasteiger partial charge in [0.1, 0.15) is 11.6 Å². The van der Waals surface area contributed by atoms with E-state index in [2.05, 4.69) is 5.32 Å². The first-order valence-corrected chi connectivity index (χ1v) is 8.23. The quantitative estimate of drug-likeness (QED) is 0.880. The summed E-state index contributed by atoms with van der Waals surface area (Å²) in [6.07, 6.45) is 0.403. The number of benzene rings is 2. The van der Waals surface area contributed by atoms with Gasteiger partial charge in [-0.3, -0.25) is 4.79 Å². The molecule has 26 heavy (non-hydrogen) atoms. The van der Waals surface area contributed by atoms with Crippen molar-refractivity contribution in [3.8, 4) is 0 Å². The highest BCUT2D eigenvalue weighted by atomic mass is 19.1. The third-order valence-corrected chi connectivity index (χ3v) is 4.50. The van der Waals surface area contributed by atoms with E-state index in [1.54, 1.807) is 24.3 Å². The topological polar surface area (TPSA) is 69.6 Å². The molecule has 1 aliphatic heterocycles. The summed E-state index contributed by atoms with van der Waals surface area (Å²) in [4.78, 5) is 25.1. The predicted molar refractivity (Wildman–Crippen MR) is 90.5 cm³/mol. The Hall–Kier alpha value is -2.96. The van der Waals surface area contributed by atoms with Crippen LogP contribution in [-0.2, 0) is 4.79 Å². The van der Waals surface area contributed by atoms with Crippen LogP contribution in [0.4, 0.5) is 13.6 Å². The van der Waals surface area contributed by atoms with E-state index in [1.165, 1.54) is 29.2 Å². The molecule has 2 aromatic carbocycles. The van der Waals surface area contributed by atoms with Gasteiger partial charge in [-0.2, -0.15) is 0 Å². The fraction of sp³-hybridized carbons (Fsp3) is 0.263. The van der Waals surface area contributed by atoms with E-state index in [9.17, 15) is 18.4 Å². The van der Waals surface area contributed by atoms with E-state index in [0.717, 1.165) is 0 Å². The number of hydrogen-bond acceptors (Lipinski definition) is 2. The van der Waals surface area contributed by atoms with E-state index in [1.807, 2.05) is 0 Å². The van der Waals surface area contributed by atoms with Crippen molar-refractivity contribution >= 4 is 12.0 Å². The number of carbonyl (C=O) groups is 2. The normalized spacial score (nSPS) is 16.7. The van der Waals surface area contributed by atoms with Gasteiger partial charge < -0.3 is 15.3 Å². The number of nitrogens with zero attached hydrogens (tertiary/aromatic N) is 1. The molecule has 1 aliphatic rings. The van der Waals surface area contributed by atoms with Crippen LogP contribution < -0.4 is 5.32 Å². The summed E-state index contributed by atoms with van der Waals surface area (Å²) in [7, 11) is 0. The molecule has 1 heterocycles. The number of carboxylic acids is 1. The molecule has 0 radical (unpaired) electrons. The minimum absolute atomic E-state index is 0.140. The summed E-state index contributed by atoms with van der Waals surface area (Å²) in [5, 5.41) is 11.9. The van der Waals surface area contributed by atoms with Gasteiger partial charge in [0, 0.05) is 13.1 Å². The molecule has 1 atom stereocenters. The number of hydrogen-bond donors (Lipinski definition) is 2. The third kappa shape index (κ3) is 3.99. The van der Waals surface area contributed by atoms with Crippen LogP contribution in [0.15, 0.2) is 48.5 Å². The van der Waals surface area contributed by atoms with Crippen LogP contribution in [0.25, 0.3) is 0 Å². The lowest BCUT2D eigenvalue weighted by atomic mass is 9.98. The number of rotatable bonds is 4. The molecule has 0 spiro atoms. The first-order valence-electron chi connectivity index (χ1n) is 8.23. The first-order chi connectivity index (χ1) is 12.4. The van der Waals surface area contributed by atoms with E-state index in [0.29, 0.717) is 24.1 Å². The lowest BCUT2D eigenvalue weighted by molar-refractivity contribution is -0.141. The molecular formula is C19H18F2N2O3. The zero-order chi connectivity index (χ0) is 18.7. The fourth-order valence-corrected chi connectivity index (χ4v) is 3.03. The Morgan fingerprint density at radius 3 is 1.92 bits per heavy atom. The van der Waals surface area contributed by atoms with Crippen LogP contribution in [0, 0.1) is 17.6 Å². The number of amides is 2. The first kappa shape index (κ1) is 17.8. The second-order valence-electron chi connectivity index (χ2n) is 6.26. The van der Waals surface area contributed by atoms with Crippen molar-refractivity contribution < 1.29 is 23.5 Å². The summed E-state index contributed by atoms with van der Waals surface area (Å²) in [5.41, 5.74) is 1.28. The second kappa shape index (κ2) is 7.51. The van der Waals surface area contributed by atoms with Gasteiger partial charge in [-0.15, -0.1) is 0 Å². The van der Waals surface area contributed by atoms with Crippen LogP contribution >= 0.6 is 0 Å². The van der Waals surface area contributed by atoms with Crippen molar-refractivity contribution in [1.82, 2.24) is 10.2 Å². The van der Waals surface area contributed by atoms with Crippen molar-refractivity contribution in [2.45, 2.75) is 12.5 Å². The fourth-order valence-electron chi connectivity index (χ4n) is 3.03.